The van der Waals surface area contributed by atoms with Crippen molar-refractivity contribution >= 4 is 27.6 Å². The Bertz CT molecular complexity index is 1100. The van der Waals surface area contributed by atoms with E-state index in [2.05, 4.69) is 21.8 Å². The number of ether oxygens (including phenoxy) is 1. The van der Waals surface area contributed by atoms with Crippen LogP contribution in [0.3, 0.4) is 0 Å². The number of nitrogens with one attached hydrogen (secondary N) is 1. The first kappa shape index (κ1) is 26.1. The average molecular weight is 519 g/mol. The molecule has 4 rings (SSSR count). The number of carbonyl (C=O) groups excluding carboxylic acids is 1. The molecule has 11 nitrogen and oxygen atoms in total. The highest BCUT2D eigenvalue weighted by atomic mass is 32.2. The summed E-state index contributed by atoms with van der Waals surface area (Å²) in [5, 5.41) is 9.44. The van der Waals surface area contributed by atoms with Gasteiger partial charge in [-0.25, -0.2) is 23.9 Å². The van der Waals surface area contributed by atoms with Crippen LogP contribution in [-0.4, -0.2) is 84.4 Å². The van der Waals surface area contributed by atoms with Crippen molar-refractivity contribution in [2.45, 2.75) is 37.4 Å². The zero-order chi connectivity index (χ0) is 25.6. The molecule has 3 heterocycles. The number of nitrogens with zero attached hydrogens (tertiary/aromatic N) is 5. The number of carbonyl (C=O) groups is 1. The molecule has 0 atom stereocenters. The molecule has 2 aliphatic heterocycles. The van der Waals surface area contributed by atoms with Gasteiger partial charge in [0.2, 0.25) is 16.0 Å². The molecule has 0 aliphatic carbocycles. The summed E-state index contributed by atoms with van der Waals surface area (Å²) in [6.07, 6.45) is 5.37. The van der Waals surface area contributed by atoms with E-state index in [1.54, 1.807) is 23.9 Å². The minimum atomic E-state index is -4.04. The number of amides is 1. The summed E-state index contributed by atoms with van der Waals surface area (Å²) >= 11 is 0. The monoisotopic (exact) mass is 518 g/mol. The Labute approximate surface area is 212 Å². The number of unbranched alkanes of at least 4 members (excludes halogenated alkanes) is 1. The second-order valence-electron chi connectivity index (χ2n) is 9.06. The number of piperazine rings is 1. The fraction of sp³-hybridized carbons (Fsp3) is 0.542. The zero-order valence-corrected chi connectivity index (χ0v) is 21.4. The molecule has 1 aromatic carbocycles. The topological polar surface area (TPSA) is 128 Å². The molecule has 2 N–H and O–H groups in total. The summed E-state index contributed by atoms with van der Waals surface area (Å²) < 4.78 is 32.9. The first-order valence-corrected chi connectivity index (χ1v) is 13.8. The minimum absolute atomic E-state index is 0.0275. The Kier molecular flexibility index (Phi) is 8.27. The van der Waals surface area contributed by atoms with Crippen molar-refractivity contribution in [2.75, 3.05) is 55.7 Å². The maximum Gasteiger partial charge on any atom is 0.266 e. The Balaban J connectivity index is 1.42. The SMILES string of the molecule is CCCCOc1ccc(N2CCN(S(=O)(=O)C3(C(=O)NO)CCN(c4ncccn4)CC3)CC2)cc1. The smallest absolute Gasteiger partial charge is 0.266 e. The molecular formula is C24H34N6O5S. The molecule has 0 spiro atoms. The van der Waals surface area contributed by atoms with Crippen LogP contribution in [0.2, 0.25) is 0 Å². The van der Waals surface area contributed by atoms with Gasteiger partial charge in [-0.1, -0.05) is 13.3 Å². The number of piperidine rings is 1. The van der Waals surface area contributed by atoms with E-state index in [-0.39, 0.29) is 39.0 Å². The van der Waals surface area contributed by atoms with Gasteiger partial charge in [-0.3, -0.25) is 10.0 Å². The van der Waals surface area contributed by atoms with Crippen molar-refractivity contribution in [3.05, 3.63) is 42.7 Å². The standard InChI is InChI=1S/C24H34N6O5S/c1-2-3-19-35-21-7-5-20(6-8-21)28-15-17-30(18-16-28)36(33,34)24(22(31)27-32)9-13-29(14-10-24)23-25-11-4-12-26-23/h4-8,11-12,32H,2-3,9-10,13-19H2,1H3,(H,27,31). The second-order valence-corrected chi connectivity index (χ2v) is 11.3. The quantitative estimate of drug-likeness (QED) is 0.289. The zero-order valence-electron chi connectivity index (χ0n) is 20.5. The van der Waals surface area contributed by atoms with E-state index in [0.717, 1.165) is 24.3 Å². The van der Waals surface area contributed by atoms with Crippen molar-refractivity contribution < 1.29 is 23.2 Å². The number of sulfonamides is 1. The molecular weight excluding hydrogens is 484 g/mol. The molecule has 0 radical (unpaired) electrons. The summed E-state index contributed by atoms with van der Waals surface area (Å²) in [7, 11) is -4.04. The highest BCUT2D eigenvalue weighted by Gasteiger charge is 2.55. The summed E-state index contributed by atoms with van der Waals surface area (Å²) in [6.45, 7) is 4.86. The van der Waals surface area contributed by atoms with Gasteiger partial charge >= 0.3 is 0 Å². The van der Waals surface area contributed by atoms with Gasteiger partial charge in [-0.15, -0.1) is 0 Å². The Morgan fingerprint density at radius 2 is 1.67 bits per heavy atom. The Morgan fingerprint density at radius 1 is 1.03 bits per heavy atom. The number of hydrogen-bond donors (Lipinski definition) is 2. The molecule has 2 aliphatic rings. The summed E-state index contributed by atoms with van der Waals surface area (Å²) in [5.41, 5.74) is 2.61. The normalized spacial score (nSPS) is 18.6. The van der Waals surface area contributed by atoms with Crippen LogP contribution in [0.4, 0.5) is 11.6 Å². The number of aromatic nitrogens is 2. The summed E-state index contributed by atoms with van der Waals surface area (Å²) in [6, 6.07) is 9.52. The lowest BCUT2D eigenvalue weighted by Crippen LogP contribution is -2.63. The van der Waals surface area contributed by atoms with Crippen LogP contribution in [0.15, 0.2) is 42.7 Å². The molecule has 0 saturated carbocycles. The van der Waals surface area contributed by atoms with Gasteiger partial charge in [0, 0.05) is 57.3 Å². The van der Waals surface area contributed by atoms with Crippen LogP contribution in [-0.2, 0) is 14.8 Å². The van der Waals surface area contributed by atoms with Gasteiger partial charge < -0.3 is 14.5 Å². The molecule has 2 fully saturated rings. The second kappa shape index (κ2) is 11.4. The lowest BCUT2D eigenvalue weighted by Gasteiger charge is -2.44. The van der Waals surface area contributed by atoms with E-state index >= 15 is 0 Å². The van der Waals surface area contributed by atoms with E-state index in [1.165, 1.54) is 4.31 Å². The van der Waals surface area contributed by atoms with Crippen molar-refractivity contribution in [3.63, 3.8) is 0 Å². The molecule has 0 unspecified atom stereocenters. The van der Waals surface area contributed by atoms with E-state index < -0.39 is 20.7 Å². The third-order valence-corrected chi connectivity index (χ3v) is 9.59. The third-order valence-electron chi connectivity index (χ3n) is 6.96. The van der Waals surface area contributed by atoms with Crippen LogP contribution < -0.4 is 20.0 Å². The van der Waals surface area contributed by atoms with Gasteiger partial charge in [0.25, 0.3) is 5.91 Å². The van der Waals surface area contributed by atoms with Gasteiger partial charge in [0.15, 0.2) is 4.75 Å². The number of rotatable bonds is 9. The van der Waals surface area contributed by atoms with Crippen LogP contribution in [0.25, 0.3) is 0 Å². The predicted molar refractivity (Wildman–Crippen MR) is 136 cm³/mol. The van der Waals surface area contributed by atoms with Gasteiger partial charge in [0.05, 0.1) is 6.61 Å². The van der Waals surface area contributed by atoms with Crippen molar-refractivity contribution in [1.82, 2.24) is 19.8 Å². The third kappa shape index (κ3) is 5.25. The fourth-order valence-electron chi connectivity index (χ4n) is 4.75. The van der Waals surface area contributed by atoms with Crippen LogP contribution >= 0.6 is 0 Å². The first-order valence-electron chi connectivity index (χ1n) is 12.4. The highest BCUT2D eigenvalue weighted by molar-refractivity contribution is 7.91. The number of anilines is 2. The lowest BCUT2D eigenvalue weighted by molar-refractivity contribution is -0.132. The maximum atomic E-state index is 13.8. The lowest BCUT2D eigenvalue weighted by atomic mass is 9.95. The number of hydroxylamine groups is 1. The van der Waals surface area contributed by atoms with Crippen LogP contribution in [0.5, 0.6) is 5.75 Å². The molecule has 2 aromatic rings. The molecule has 196 valence electrons. The van der Waals surface area contributed by atoms with Crippen LogP contribution in [0, 0.1) is 0 Å². The first-order chi connectivity index (χ1) is 17.4. The fourth-order valence-corrected chi connectivity index (χ4v) is 6.86. The number of benzene rings is 1. The van der Waals surface area contributed by atoms with Crippen molar-refractivity contribution in [1.29, 1.82) is 0 Å². The minimum Gasteiger partial charge on any atom is -0.494 e. The maximum absolute atomic E-state index is 13.8. The summed E-state index contributed by atoms with van der Waals surface area (Å²) in [5.74, 6) is 0.415. The van der Waals surface area contributed by atoms with E-state index in [9.17, 15) is 18.4 Å². The predicted octanol–water partition coefficient (Wildman–Crippen LogP) is 1.65. The van der Waals surface area contributed by atoms with Crippen LogP contribution in [0.1, 0.15) is 32.6 Å². The highest BCUT2D eigenvalue weighted by Crippen LogP contribution is 2.35. The van der Waals surface area contributed by atoms with E-state index in [4.69, 9.17) is 4.74 Å². The van der Waals surface area contributed by atoms with Gasteiger partial charge in [0.1, 0.15) is 5.75 Å². The molecule has 36 heavy (non-hydrogen) atoms. The molecule has 12 heteroatoms. The van der Waals surface area contributed by atoms with Crippen molar-refractivity contribution in [2.24, 2.45) is 0 Å². The van der Waals surface area contributed by atoms with Gasteiger partial charge in [-0.05, 0) is 49.6 Å². The Hall–Kier alpha value is -2.96. The molecule has 2 saturated heterocycles. The van der Waals surface area contributed by atoms with Gasteiger partial charge in [-0.2, -0.15) is 4.31 Å². The molecule has 1 amide bonds. The summed E-state index contributed by atoms with van der Waals surface area (Å²) in [4.78, 5) is 25.2. The Morgan fingerprint density at radius 3 is 2.25 bits per heavy atom. The largest absolute Gasteiger partial charge is 0.494 e. The molecule has 1 aromatic heterocycles. The van der Waals surface area contributed by atoms with Crippen molar-refractivity contribution in [3.8, 4) is 5.75 Å². The average Bonchev–Trinajstić information content (AvgIpc) is 2.93. The molecule has 0 bridgehead atoms. The number of hydrogen-bond acceptors (Lipinski definition) is 9. The van der Waals surface area contributed by atoms with E-state index in [0.29, 0.717) is 25.6 Å². The van der Waals surface area contributed by atoms with E-state index in [1.807, 2.05) is 29.2 Å².